The molecule has 1 fully saturated rings. The maximum Gasteiger partial charge on any atom is 0.236 e. The van der Waals surface area contributed by atoms with Crippen molar-refractivity contribution in [1.82, 2.24) is 5.32 Å². The first-order valence-electron chi connectivity index (χ1n) is 5.24. The van der Waals surface area contributed by atoms with Crippen molar-refractivity contribution in [3.63, 3.8) is 0 Å². The highest BCUT2D eigenvalue weighted by Gasteiger charge is 2.26. The van der Waals surface area contributed by atoms with E-state index in [1.54, 1.807) is 14.0 Å². The number of ether oxygens (including phenoxy) is 1. The average Bonchev–Trinajstić information content (AvgIpc) is 2.18. The number of carbonyl (C=O) groups excluding carboxylic acids is 1. The van der Waals surface area contributed by atoms with Crippen LogP contribution in [0.1, 0.15) is 32.6 Å². The van der Waals surface area contributed by atoms with E-state index in [2.05, 4.69) is 5.32 Å². The van der Waals surface area contributed by atoms with E-state index in [9.17, 15) is 4.79 Å². The van der Waals surface area contributed by atoms with Gasteiger partial charge in [0.2, 0.25) is 5.91 Å². The first kappa shape index (κ1) is 11.5. The Kier molecular flexibility index (Phi) is 4.35. The van der Waals surface area contributed by atoms with E-state index in [1.165, 1.54) is 6.42 Å². The second-order valence-corrected chi connectivity index (χ2v) is 3.96. The van der Waals surface area contributed by atoms with Gasteiger partial charge in [0.15, 0.2) is 0 Å². The second-order valence-electron chi connectivity index (χ2n) is 3.96. The molecule has 1 aliphatic rings. The van der Waals surface area contributed by atoms with Crippen LogP contribution in [-0.4, -0.2) is 31.2 Å². The minimum absolute atomic E-state index is 0.0843. The van der Waals surface area contributed by atoms with E-state index in [0.29, 0.717) is 0 Å². The molecule has 1 amide bonds. The molecule has 0 aliphatic heterocycles. The van der Waals surface area contributed by atoms with Gasteiger partial charge in [-0.25, -0.2) is 0 Å². The molecule has 0 bridgehead atoms. The topological polar surface area (TPSA) is 64.3 Å². The highest BCUT2D eigenvalue weighted by molar-refractivity contribution is 5.81. The van der Waals surface area contributed by atoms with Crippen molar-refractivity contribution < 1.29 is 9.53 Å². The van der Waals surface area contributed by atoms with Gasteiger partial charge in [-0.1, -0.05) is 12.8 Å². The third kappa shape index (κ3) is 2.96. The smallest absolute Gasteiger partial charge is 0.236 e. The highest BCUT2D eigenvalue weighted by Crippen LogP contribution is 2.20. The summed E-state index contributed by atoms with van der Waals surface area (Å²) in [6, 6.07) is -0.290. The summed E-state index contributed by atoms with van der Waals surface area (Å²) in [6.45, 7) is 1.69. The Labute approximate surface area is 85.2 Å². The lowest BCUT2D eigenvalue weighted by Crippen LogP contribution is -2.50. The highest BCUT2D eigenvalue weighted by atomic mass is 16.5. The quantitative estimate of drug-likeness (QED) is 0.693. The molecule has 0 aromatic carbocycles. The van der Waals surface area contributed by atoms with Crippen molar-refractivity contribution in [3.05, 3.63) is 0 Å². The molecule has 0 spiro atoms. The minimum atomic E-state index is -0.436. The van der Waals surface area contributed by atoms with Gasteiger partial charge in [0.05, 0.1) is 18.2 Å². The number of rotatable bonds is 3. The lowest BCUT2D eigenvalue weighted by Gasteiger charge is -2.31. The number of nitrogens with two attached hydrogens (primary N) is 1. The molecule has 0 aromatic rings. The summed E-state index contributed by atoms with van der Waals surface area (Å²) >= 11 is 0. The predicted molar refractivity (Wildman–Crippen MR) is 54.8 cm³/mol. The molecule has 82 valence electrons. The molecule has 0 aromatic heterocycles. The summed E-state index contributed by atoms with van der Waals surface area (Å²) in [4.78, 5) is 11.4. The number of methoxy groups -OCH3 is 1. The molecule has 4 heteroatoms. The molecule has 2 unspecified atom stereocenters. The molecular formula is C10H20N2O2. The zero-order chi connectivity index (χ0) is 10.6. The standard InChI is InChI=1S/C10H20N2O2/c1-7(11)10(13)12-8-5-3-4-6-9(8)14-2/h7-9H,3-6,11H2,1-2H3,(H,12,13)/t7-,8?,9?/m1/s1. The van der Waals surface area contributed by atoms with Crippen molar-refractivity contribution in [3.8, 4) is 0 Å². The largest absolute Gasteiger partial charge is 0.379 e. The van der Waals surface area contributed by atoms with Crippen LogP contribution in [0.25, 0.3) is 0 Å². The third-order valence-electron chi connectivity index (χ3n) is 2.75. The fraction of sp³-hybridized carbons (Fsp3) is 0.900. The maximum absolute atomic E-state index is 11.4. The molecule has 0 saturated heterocycles. The number of nitrogens with one attached hydrogen (secondary N) is 1. The summed E-state index contributed by atoms with van der Waals surface area (Å²) in [5.41, 5.74) is 5.49. The van der Waals surface area contributed by atoms with Crippen LogP contribution in [0.3, 0.4) is 0 Å². The number of carbonyl (C=O) groups is 1. The normalized spacial score (nSPS) is 29.6. The Bertz CT molecular complexity index is 195. The summed E-state index contributed by atoms with van der Waals surface area (Å²) in [5.74, 6) is -0.0843. The van der Waals surface area contributed by atoms with Crippen LogP contribution in [0.2, 0.25) is 0 Å². The number of hydrogen-bond acceptors (Lipinski definition) is 3. The third-order valence-corrected chi connectivity index (χ3v) is 2.75. The Hall–Kier alpha value is -0.610. The molecule has 3 atom stereocenters. The van der Waals surface area contributed by atoms with Crippen molar-refractivity contribution in [2.75, 3.05) is 7.11 Å². The van der Waals surface area contributed by atoms with Crippen LogP contribution in [0.4, 0.5) is 0 Å². The molecule has 14 heavy (non-hydrogen) atoms. The molecule has 0 radical (unpaired) electrons. The molecule has 1 aliphatic carbocycles. The second kappa shape index (κ2) is 5.32. The number of hydrogen-bond donors (Lipinski definition) is 2. The van der Waals surface area contributed by atoms with E-state index in [0.717, 1.165) is 19.3 Å². The van der Waals surface area contributed by atoms with Gasteiger partial charge in [0.25, 0.3) is 0 Å². The predicted octanol–water partition coefficient (Wildman–Crippen LogP) is 0.407. The van der Waals surface area contributed by atoms with Gasteiger partial charge in [-0.15, -0.1) is 0 Å². The van der Waals surface area contributed by atoms with Crippen LogP contribution in [0, 0.1) is 0 Å². The zero-order valence-corrected chi connectivity index (χ0v) is 8.95. The fourth-order valence-corrected chi connectivity index (χ4v) is 1.86. The van der Waals surface area contributed by atoms with Gasteiger partial charge in [-0.3, -0.25) is 4.79 Å². The van der Waals surface area contributed by atoms with Crippen LogP contribution >= 0.6 is 0 Å². The minimum Gasteiger partial charge on any atom is -0.379 e. The Morgan fingerprint density at radius 1 is 1.50 bits per heavy atom. The Balaban J connectivity index is 2.44. The van der Waals surface area contributed by atoms with Gasteiger partial charge in [-0.05, 0) is 19.8 Å². The average molecular weight is 200 g/mol. The lowest BCUT2D eigenvalue weighted by molar-refractivity contribution is -0.124. The summed E-state index contributed by atoms with van der Waals surface area (Å²) < 4.78 is 5.33. The van der Waals surface area contributed by atoms with Gasteiger partial charge < -0.3 is 15.8 Å². The van der Waals surface area contributed by atoms with Crippen molar-refractivity contribution in [2.45, 2.75) is 50.8 Å². The summed E-state index contributed by atoms with van der Waals surface area (Å²) in [5, 5.41) is 2.93. The van der Waals surface area contributed by atoms with Crippen LogP contribution in [-0.2, 0) is 9.53 Å². The van der Waals surface area contributed by atoms with Crippen molar-refractivity contribution in [2.24, 2.45) is 5.73 Å². The van der Waals surface area contributed by atoms with E-state index in [4.69, 9.17) is 10.5 Å². The monoisotopic (exact) mass is 200 g/mol. The van der Waals surface area contributed by atoms with Crippen LogP contribution in [0.15, 0.2) is 0 Å². The molecule has 3 N–H and O–H groups in total. The fourth-order valence-electron chi connectivity index (χ4n) is 1.86. The van der Waals surface area contributed by atoms with E-state index >= 15 is 0 Å². The van der Waals surface area contributed by atoms with Gasteiger partial charge in [0.1, 0.15) is 0 Å². The SMILES string of the molecule is COC1CCCCC1NC(=O)[C@@H](C)N. The van der Waals surface area contributed by atoms with Crippen molar-refractivity contribution in [1.29, 1.82) is 0 Å². The first-order chi connectivity index (χ1) is 6.65. The number of amides is 1. The lowest BCUT2D eigenvalue weighted by atomic mass is 9.92. The summed E-state index contributed by atoms with van der Waals surface area (Å²) in [6.07, 6.45) is 4.52. The van der Waals surface area contributed by atoms with Gasteiger partial charge in [-0.2, -0.15) is 0 Å². The van der Waals surface area contributed by atoms with Crippen molar-refractivity contribution >= 4 is 5.91 Å². The van der Waals surface area contributed by atoms with Gasteiger partial charge >= 0.3 is 0 Å². The molecule has 1 saturated carbocycles. The zero-order valence-electron chi connectivity index (χ0n) is 8.95. The molecular weight excluding hydrogens is 180 g/mol. The maximum atomic E-state index is 11.4. The Morgan fingerprint density at radius 2 is 2.14 bits per heavy atom. The van der Waals surface area contributed by atoms with E-state index in [1.807, 2.05) is 0 Å². The first-order valence-corrected chi connectivity index (χ1v) is 5.24. The Morgan fingerprint density at radius 3 is 2.71 bits per heavy atom. The molecule has 4 nitrogen and oxygen atoms in total. The van der Waals surface area contributed by atoms with Crippen LogP contribution in [0.5, 0.6) is 0 Å². The van der Waals surface area contributed by atoms with Crippen LogP contribution < -0.4 is 11.1 Å². The molecule has 0 heterocycles. The van der Waals surface area contributed by atoms with Gasteiger partial charge in [0, 0.05) is 7.11 Å². The summed E-state index contributed by atoms with van der Waals surface area (Å²) in [7, 11) is 1.70. The van der Waals surface area contributed by atoms with E-state index < -0.39 is 6.04 Å². The van der Waals surface area contributed by atoms with E-state index in [-0.39, 0.29) is 18.1 Å². The molecule has 1 rings (SSSR count).